The molecule has 2 aromatic heterocycles. The Bertz CT molecular complexity index is 1370. The lowest BCUT2D eigenvalue weighted by atomic mass is 10.1. The number of hydrogen-bond acceptors (Lipinski definition) is 5. The fourth-order valence-corrected chi connectivity index (χ4v) is 4.32. The molecule has 0 aliphatic heterocycles. The molecule has 6 nitrogen and oxygen atoms in total. The third-order valence-electron chi connectivity index (χ3n) is 5.19. The van der Waals surface area contributed by atoms with Crippen molar-refractivity contribution < 1.29 is 4.79 Å². The van der Waals surface area contributed by atoms with Crippen molar-refractivity contribution in [2.45, 2.75) is 5.16 Å². The number of benzene rings is 3. The Kier molecular flexibility index (Phi) is 6.45. The second-order valence-corrected chi connectivity index (χ2v) is 8.44. The highest BCUT2D eigenvalue weighted by Crippen LogP contribution is 2.28. The lowest BCUT2D eigenvalue weighted by molar-refractivity contribution is -0.113. The average Bonchev–Trinajstić information content (AvgIpc) is 3.33. The van der Waals surface area contributed by atoms with Gasteiger partial charge in [-0.05, 0) is 47.5 Å². The second kappa shape index (κ2) is 10.1. The predicted molar refractivity (Wildman–Crippen MR) is 136 cm³/mol. The van der Waals surface area contributed by atoms with E-state index in [9.17, 15) is 4.79 Å². The minimum Gasteiger partial charge on any atom is -0.325 e. The van der Waals surface area contributed by atoms with E-state index in [2.05, 4.69) is 32.6 Å². The molecule has 0 saturated carbocycles. The number of para-hydroxylation sites is 1. The van der Waals surface area contributed by atoms with E-state index in [1.54, 1.807) is 12.4 Å². The number of hydrogen-bond donors (Lipinski definition) is 1. The zero-order valence-electron chi connectivity index (χ0n) is 18.2. The molecule has 0 bridgehead atoms. The van der Waals surface area contributed by atoms with Crippen LogP contribution < -0.4 is 5.32 Å². The van der Waals surface area contributed by atoms with Crippen LogP contribution in [0.5, 0.6) is 0 Å². The molecule has 1 N–H and O–H groups in total. The molecule has 2 heterocycles. The normalized spacial score (nSPS) is 10.7. The minimum absolute atomic E-state index is 0.106. The molecule has 0 fully saturated rings. The van der Waals surface area contributed by atoms with Crippen LogP contribution in [0.3, 0.4) is 0 Å². The molecule has 0 spiro atoms. The van der Waals surface area contributed by atoms with E-state index >= 15 is 0 Å². The fourth-order valence-electron chi connectivity index (χ4n) is 3.56. The van der Waals surface area contributed by atoms with E-state index < -0.39 is 0 Å². The number of pyridine rings is 1. The first kappa shape index (κ1) is 21.6. The Morgan fingerprint density at radius 2 is 1.38 bits per heavy atom. The van der Waals surface area contributed by atoms with Gasteiger partial charge in [0.05, 0.1) is 5.75 Å². The maximum absolute atomic E-state index is 12.7. The van der Waals surface area contributed by atoms with Gasteiger partial charge in [-0.25, -0.2) is 0 Å². The predicted octanol–water partition coefficient (Wildman–Crippen LogP) is 5.73. The summed E-state index contributed by atoms with van der Waals surface area (Å²) in [5.74, 6) is 0.806. The lowest BCUT2D eigenvalue weighted by Gasteiger charge is -2.10. The first-order valence-corrected chi connectivity index (χ1v) is 11.8. The van der Waals surface area contributed by atoms with Crippen LogP contribution in [-0.2, 0) is 4.79 Å². The van der Waals surface area contributed by atoms with E-state index in [0.717, 1.165) is 28.1 Å². The third-order valence-corrected chi connectivity index (χ3v) is 6.12. The molecule has 3 aromatic carbocycles. The van der Waals surface area contributed by atoms with Gasteiger partial charge in [0.2, 0.25) is 5.91 Å². The lowest BCUT2D eigenvalue weighted by Crippen LogP contribution is -2.14. The van der Waals surface area contributed by atoms with Crippen molar-refractivity contribution in [3.63, 3.8) is 0 Å². The molecule has 0 unspecified atom stereocenters. The Balaban J connectivity index is 1.30. The zero-order chi connectivity index (χ0) is 23.2. The summed E-state index contributed by atoms with van der Waals surface area (Å²) in [5, 5.41) is 12.4. The van der Waals surface area contributed by atoms with Crippen molar-refractivity contribution in [2.24, 2.45) is 0 Å². The maximum Gasteiger partial charge on any atom is 0.234 e. The van der Waals surface area contributed by atoms with Crippen LogP contribution in [0.2, 0.25) is 0 Å². The van der Waals surface area contributed by atoms with Gasteiger partial charge in [0, 0.05) is 29.3 Å². The molecule has 1 amide bonds. The van der Waals surface area contributed by atoms with E-state index in [-0.39, 0.29) is 11.7 Å². The molecule has 7 heteroatoms. The monoisotopic (exact) mass is 463 g/mol. The van der Waals surface area contributed by atoms with Crippen molar-refractivity contribution in [3.05, 3.63) is 109 Å². The molecule has 5 rings (SSSR count). The molecule has 0 aliphatic carbocycles. The van der Waals surface area contributed by atoms with Gasteiger partial charge in [-0.15, -0.1) is 10.2 Å². The van der Waals surface area contributed by atoms with Crippen molar-refractivity contribution in [3.8, 4) is 28.2 Å². The molecule has 0 aliphatic rings. The molecular weight excluding hydrogens is 442 g/mol. The van der Waals surface area contributed by atoms with Crippen molar-refractivity contribution in [1.82, 2.24) is 19.7 Å². The number of thioether (sulfide) groups is 1. The summed E-state index contributed by atoms with van der Waals surface area (Å²) in [4.78, 5) is 16.8. The van der Waals surface area contributed by atoms with Gasteiger partial charge in [0.1, 0.15) is 0 Å². The van der Waals surface area contributed by atoms with Gasteiger partial charge in [-0.1, -0.05) is 72.4 Å². The van der Waals surface area contributed by atoms with Gasteiger partial charge in [-0.2, -0.15) is 0 Å². The minimum atomic E-state index is -0.106. The summed E-state index contributed by atoms with van der Waals surface area (Å²) in [7, 11) is 0. The highest BCUT2D eigenvalue weighted by Gasteiger charge is 2.17. The average molecular weight is 464 g/mol. The summed E-state index contributed by atoms with van der Waals surface area (Å²) in [6, 6.07) is 31.6. The second-order valence-electron chi connectivity index (χ2n) is 7.49. The van der Waals surface area contributed by atoms with Crippen LogP contribution in [-0.4, -0.2) is 31.4 Å². The summed E-state index contributed by atoms with van der Waals surface area (Å²) in [6.45, 7) is 0. The number of amides is 1. The Morgan fingerprint density at radius 1 is 0.735 bits per heavy atom. The first-order valence-electron chi connectivity index (χ1n) is 10.8. The first-order chi connectivity index (χ1) is 16.8. The number of anilines is 1. The van der Waals surface area contributed by atoms with Gasteiger partial charge in [0.25, 0.3) is 0 Å². The maximum atomic E-state index is 12.7. The SMILES string of the molecule is O=C(CSc1nnc(-c2ccncc2)n1-c1ccccc1)Nc1ccc(-c2ccccc2)cc1. The van der Waals surface area contributed by atoms with Crippen LogP contribution in [0.1, 0.15) is 0 Å². The van der Waals surface area contributed by atoms with Crippen LogP contribution >= 0.6 is 11.8 Å². The largest absolute Gasteiger partial charge is 0.325 e. The van der Waals surface area contributed by atoms with Crippen molar-refractivity contribution >= 4 is 23.4 Å². The Labute approximate surface area is 201 Å². The highest BCUT2D eigenvalue weighted by molar-refractivity contribution is 7.99. The van der Waals surface area contributed by atoms with E-state index in [0.29, 0.717) is 11.0 Å². The zero-order valence-corrected chi connectivity index (χ0v) is 19.0. The summed E-state index contributed by atoms with van der Waals surface area (Å²) in [5.41, 5.74) is 4.83. The van der Waals surface area contributed by atoms with E-state index in [4.69, 9.17) is 0 Å². The smallest absolute Gasteiger partial charge is 0.234 e. The number of aromatic nitrogens is 4. The number of carbonyl (C=O) groups is 1. The van der Waals surface area contributed by atoms with Crippen molar-refractivity contribution in [1.29, 1.82) is 0 Å². The van der Waals surface area contributed by atoms with Gasteiger partial charge < -0.3 is 5.32 Å². The van der Waals surface area contributed by atoms with Crippen LogP contribution in [0, 0.1) is 0 Å². The van der Waals surface area contributed by atoms with Gasteiger partial charge in [-0.3, -0.25) is 14.3 Å². The summed E-state index contributed by atoms with van der Waals surface area (Å²) in [6.07, 6.45) is 3.45. The summed E-state index contributed by atoms with van der Waals surface area (Å²) < 4.78 is 1.96. The Morgan fingerprint density at radius 3 is 2.09 bits per heavy atom. The van der Waals surface area contributed by atoms with E-state index in [1.807, 2.05) is 89.5 Å². The number of nitrogens with one attached hydrogen (secondary N) is 1. The van der Waals surface area contributed by atoms with Gasteiger partial charge >= 0.3 is 0 Å². The van der Waals surface area contributed by atoms with Crippen molar-refractivity contribution in [2.75, 3.05) is 11.1 Å². The molecule has 0 atom stereocenters. The molecule has 34 heavy (non-hydrogen) atoms. The highest BCUT2D eigenvalue weighted by atomic mass is 32.2. The number of carbonyl (C=O) groups excluding carboxylic acids is 1. The molecular formula is C27H21N5OS. The fraction of sp³-hybridized carbons (Fsp3) is 0.0370. The van der Waals surface area contributed by atoms with Crippen LogP contribution in [0.25, 0.3) is 28.2 Å². The van der Waals surface area contributed by atoms with E-state index in [1.165, 1.54) is 11.8 Å². The molecule has 166 valence electrons. The number of nitrogens with zero attached hydrogens (tertiary/aromatic N) is 4. The Hall–Kier alpha value is -4.23. The molecule has 5 aromatic rings. The number of rotatable bonds is 7. The third kappa shape index (κ3) is 4.89. The van der Waals surface area contributed by atoms with Crippen LogP contribution in [0.15, 0.2) is 115 Å². The molecule has 0 radical (unpaired) electrons. The quantitative estimate of drug-likeness (QED) is 0.312. The van der Waals surface area contributed by atoms with Crippen LogP contribution in [0.4, 0.5) is 5.69 Å². The topological polar surface area (TPSA) is 72.7 Å². The summed E-state index contributed by atoms with van der Waals surface area (Å²) >= 11 is 1.35. The standard InChI is InChI=1S/C27H21N5OS/c33-25(29-23-13-11-21(12-14-23)20-7-3-1-4-8-20)19-34-27-31-30-26(22-15-17-28-18-16-22)32(27)24-9-5-2-6-10-24/h1-18H,19H2,(H,29,33). The van der Waals surface area contributed by atoms with Gasteiger partial charge in [0.15, 0.2) is 11.0 Å². The molecule has 0 saturated heterocycles.